The number of halogens is 3. The van der Waals surface area contributed by atoms with Crippen LogP contribution in [0, 0.1) is 0 Å². The Labute approximate surface area is 109 Å². The van der Waals surface area contributed by atoms with E-state index in [-0.39, 0.29) is 0 Å². The molecule has 0 aliphatic carbocycles. The second-order valence-electron chi connectivity index (χ2n) is 3.21. The first-order valence-corrected chi connectivity index (χ1v) is 6.24. The molecule has 0 saturated carbocycles. The van der Waals surface area contributed by atoms with Gasteiger partial charge in [-0.2, -0.15) is 0 Å². The van der Waals surface area contributed by atoms with E-state index in [0.29, 0.717) is 0 Å². The number of alkyl halides is 2. The lowest BCUT2D eigenvalue weighted by atomic mass is 10.3. The van der Waals surface area contributed by atoms with Crippen LogP contribution in [0.2, 0.25) is 0 Å². The highest BCUT2D eigenvalue weighted by atomic mass is 79.9. The lowest BCUT2D eigenvalue weighted by Gasteiger charge is -2.12. The smallest absolute Gasteiger partial charge is 0.287 e. The minimum atomic E-state index is -3.28. The maximum absolute atomic E-state index is 12.6. The second-order valence-corrected chi connectivity index (χ2v) is 5.70. The van der Waals surface area contributed by atoms with Gasteiger partial charge in [0.25, 0.3) is 5.92 Å². The molecular weight excluding hydrogens is 316 g/mol. The van der Waals surface area contributed by atoms with Crippen LogP contribution in [0.25, 0.3) is 6.08 Å². The Morgan fingerprint density at radius 2 is 2.29 bits per heavy atom. The summed E-state index contributed by atoms with van der Waals surface area (Å²) < 4.78 is 26.1. The number of hydrogen-bond acceptors (Lipinski definition) is 3. The number of aliphatic hydroxyl groups excluding tert-OH is 1. The molecule has 0 spiro atoms. The molecule has 0 saturated heterocycles. The molecule has 0 bridgehead atoms. The zero-order chi connectivity index (χ0) is 12.9. The van der Waals surface area contributed by atoms with Gasteiger partial charge in [-0.3, -0.25) is 4.79 Å². The van der Waals surface area contributed by atoms with Gasteiger partial charge in [-0.15, -0.1) is 11.3 Å². The quantitative estimate of drug-likeness (QED) is 0.816. The molecule has 7 heteroatoms. The lowest BCUT2D eigenvalue weighted by Crippen LogP contribution is -2.38. The third-order valence-corrected chi connectivity index (χ3v) is 3.33. The van der Waals surface area contributed by atoms with E-state index in [9.17, 15) is 13.6 Å². The summed E-state index contributed by atoms with van der Waals surface area (Å²) in [4.78, 5) is 12.0. The lowest BCUT2D eigenvalue weighted by molar-refractivity contribution is -0.119. The number of carbonyl (C=O) groups is 1. The predicted molar refractivity (Wildman–Crippen MR) is 66.1 cm³/mol. The minimum Gasteiger partial charge on any atom is -0.390 e. The summed E-state index contributed by atoms with van der Waals surface area (Å²) in [6, 6.07) is 3.61. The molecule has 0 aliphatic heterocycles. The average molecular weight is 326 g/mol. The van der Waals surface area contributed by atoms with Gasteiger partial charge in [0.15, 0.2) is 0 Å². The van der Waals surface area contributed by atoms with Crippen LogP contribution >= 0.6 is 27.3 Å². The van der Waals surface area contributed by atoms with Gasteiger partial charge in [-0.05, 0) is 34.1 Å². The molecule has 94 valence electrons. The molecule has 1 heterocycles. The van der Waals surface area contributed by atoms with Gasteiger partial charge in [-0.25, -0.2) is 8.78 Å². The van der Waals surface area contributed by atoms with E-state index in [0.717, 1.165) is 8.66 Å². The predicted octanol–water partition coefficient (Wildman–Crippen LogP) is 2.27. The average Bonchev–Trinajstić information content (AvgIpc) is 2.70. The van der Waals surface area contributed by atoms with Crippen molar-refractivity contribution in [3.63, 3.8) is 0 Å². The highest BCUT2D eigenvalue weighted by Gasteiger charge is 2.27. The van der Waals surface area contributed by atoms with Crippen LogP contribution in [0.3, 0.4) is 0 Å². The fourth-order valence-electron chi connectivity index (χ4n) is 0.907. The van der Waals surface area contributed by atoms with Gasteiger partial charge >= 0.3 is 0 Å². The standard InChI is InChI=1S/C10H10BrF2NO2S/c11-8-3-1-7(17-8)2-4-9(16)14-5-10(12,13)6-15/h1-4,15H,5-6H2,(H,14,16)/b4-2+. The van der Waals surface area contributed by atoms with Gasteiger partial charge in [0.05, 0.1) is 10.3 Å². The molecule has 3 nitrogen and oxygen atoms in total. The highest BCUT2D eigenvalue weighted by Crippen LogP contribution is 2.22. The highest BCUT2D eigenvalue weighted by molar-refractivity contribution is 9.11. The van der Waals surface area contributed by atoms with Gasteiger partial charge in [0.1, 0.15) is 6.61 Å². The summed E-state index contributed by atoms with van der Waals surface area (Å²) in [5.41, 5.74) is 0. The van der Waals surface area contributed by atoms with Crippen molar-refractivity contribution in [2.24, 2.45) is 0 Å². The largest absolute Gasteiger partial charge is 0.390 e. The van der Waals surface area contributed by atoms with E-state index < -0.39 is 25.0 Å². The Morgan fingerprint density at radius 1 is 1.59 bits per heavy atom. The van der Waals surface area contributed by atoms with E-state index in [1.165, 1.54) is 23.5 Å². The van der Waals surface area contributed by atoms with Crippen LogP contribution < -0.4 is 5.32 Å². The van der Waals surface area contributed by atoms with Crippen molar-refractivity contribution in [1.29, 1.82) is 0 Å². The Balaban J connectivity index is 2.42. The van der Waals surface area contributed by atoms with Gasteiger partial charge in [0, 0.05) is 11.0 Å². The maximum atomic E-state index is 12.6. The fraction of sp³-hybridized carbons (Fsp3) is 0.300. The zero-order valence-electron chi connectivity index (χ0n) is 8.62. The number of rotatable bonds is 5. The number of amides is 1. The van der Waals surface area contributed by atoms with E-state index >= 15 is 0 Å². The van der Waals surface area contributed by atoms with Crippen LogP contribution in [-0.2, 0) is 4.79 Å². The molecule has 1 rings (SSSR count). The normalized spacial score (nSPS) is 12.0. The van der Waals surface area contributed by atoms with Crippen molar-refractivity contribution in [3.8, 4) is 0 Å². The van der Waals surface area contributed by atoms with Crippen molar-refractivity contribution in [2.75, 3.05) is 13.2 Å². The first-order valence-electron chi connectivity index (χ1n) is 4.63. The molecule has 2 N–H and O–H groups in total. The van der Waals surface area contributed by atoms with Gasteiger partial charge in [-0.1, -0.05) is 0 Å². The molecule has 0 radical (unpaired) electrons. The minimum absolute atomic E-state index is 0.623. The maximum Gasteiger partial charge on any atom is 0.287 e. The summed E-state index contributed by atoms with van der Waals surface area (Å²) in [7, 11) is 0. The Morgan fingerprint density at radius 3 is 2.82 bits per heavy atom. The SMILES string of the molecule is O=C(/C=C/c1ccc(Br)s1)NCC(F)(F)CO. The summed E-state index contributed by atoms with van der Waals surface area (Å²) >= 11 is 4.68. The van der Waals surface area contributed by atoms with Gasteiger partial charge in [0.2, 0.25) is 5.91 Å². The molecule has 0 unspecified atom stereocenters. The third kappa shape index (κ3) is 5.38. The third-order valence-electron chi connectivity index (χ3n) is 1.75. The number of nitrogens with one attached hydrogen (secondary N) is 1. The van der Waals surface area contributed by atoms with Crippen LogP contribution in [0.15, 0.2) is 22.0 Å². The monoisotopic (exact) mass is 325 g/mol. The van der Waals surface area contributed by atoms with Crippen LogP contribution in [0.5, 0.6) is 0 Å². The molecule has 17 heavy (non-hydrogen) atoms. The Hall–Kier alpha value is -0.790. The van der Waals surface area contributed by atoms with E-state index in [4.69, 9.17) is 5.11 Å². The molecule has 1 aromatic rings. The first kappa shape index (κ1) is 14.3. The zero-order valence-corrected chi connectivity index (χ0v) is 11.0. The second kappa shape index (κ2) is 6.23. The van der Waals surface area contributed by atoms with E-state index in [2.05, 4.69) is 15.9 Å². The molecule has 1 aromatic heterocycles. The summed E-state index contributed by atoms with van der Waals surface area (Å²) in [5.74, 6) is -3.90. The van der Waals surface area contributed by atoms with Crippen molar-refractivity contribution < 1.29 is 18.7 Å². The van der Waals surface area contributed by atoms with Crippen molar-refractivity contribution >= 4 is 39.2 Å². The first-order chi connectivity index (χ1) is 7.93. The summed E-state index contributed by atoms with van der Waals surface area (Å²) in [5, 5.41) is 10.3. The number of aliphatic hydroxyl groups is 1. The number of carbonyl (C=O) groups excluding carboxylic acids is 1. The van der Waals surface area contributed by atoms with Crippen LogP contribution in [-0.4, -0.2) is 30.1 Å². The Kier molecular flexibility index (Phi) is 5.23. The number of thiophene rings is 1. The summed E-state index contributed by atoms with van der Waals surface area (Å²) in [6.07, 6.45) is 2.70. The molecule has 0 fully saturated rings. The molecule has 1 amide bonds. The van der Waals surface area contributed by atoms with E-state index in [1.807, 2.05) is 11.4 Å². The Bertz CT molecular complexity index is 420. The van der Waals surface area contributed by atoms with Crippen LogP contribution in [0.1, 0.15) is 4.88 Å². The van der Waals surface area contributed by atoms with Gasteiger partial charge < -0.3 is 10.4 Å². The molecular formula is C10H10BrF2NO2S. The molecule has 0 aliphatic rings. The van der Waals surface area contributed by atoms with E-state index in [1.54, 1.807) is 6.07 Å². The van der Waals surface area contributed by atoms with Crippen LogP contribution in [0.4, 0.5) is 8.78 Å². The van der Waals surface area contributed by atoms with Crippen molar-refractivity contribution in [2.45, 2.75) is 5.92 Å². The van der Waals surface area contributed by atoms with Crippen molar-refractivity contribution in [3.05, 3.63) is 26.9 Å². The molecule has 0 atom stereocenters. The fourth-order valence-corrected chi connectivity index (χ4v) is 2.23. The topological polar surface area (TPSA) is 49.3 Å². The molecule has 0 aromatic carbocycles. The summed E-state index contributed by atoms with van der Waals surface area (Å²) in [6.45, 7) is -2.16. The van der Waals surface area contributed by atoms with Crippen molar-refractivity contribution in [1.82, 2.24) is 5.32 Å². The number of hydrogen-bond donors (Lipinski definition) is 2.